The number of rotatable bonds is 13. The van der Waals surface area contributed by atoms with Crippen LogP contribution in [-0.2, 0) is 57.2 Å². The zero-order valence-corrected chi connectivity index (χ0v) is 25.2. The highest BCUT2D eigenvalue weighted by Crippen LogP contribution is 2.38. The number of carbonyl (C=O) groups excluding carboxylic acids is 7. The minimum Gasteiger partial charge on any atom is -0.496 e. The van der Waals surface area contributed by atoms with E-state index in [2.05, 4.69) is 5.32 Å². The van der Waals surface area contributed by atoms with Crippen molar-refractivity contribution < 1.29 is 71.5 Å². The molecule has 1 saturated heterocycles. The quantitative estimate of drug-likeness (QED) is 0.179. The van der Waals surface area contributed by atoms with Crippen LogP contribution in [-0.4, -0.2) is 99.1 Å². The number of aldehydes is 1. The van der Waals surface area contributed by atoms with Crippen LogP contribution < -0.4 is 14.8 Å². The molecule has 0 aromatic heterocycles. The monoisotopic (exact) mass is 625 g/mol. The second-order valence-corrected chi connectivity index (χ2v) is 9.55. The first-order valence-electron chi connectivity index (χ1n) is 13.2. The van der Waals surface area contributed by atoms with Gasteiger partial charge in [-0.1, -0.05) is 0 Å². The molecule has 16 heteroatoms. The van der Waals surface area contributed by atoms with Crippen LogP contribution in [0.4, 0.5) is 0 Å². The fourth-order valence-corrected chi connectivity index (χ4v) is 4.55. The van der Waals surface area contributed by atoms with E-state index in [0.29, 0.717) is 6.29 Å². The van der Waals surface area contributed by atoms with E-state index >= 15 is 0 Å². The van der Waals surface area contributed by atoms with E-state index in [1.54, 1.807) is 0 Å². The van der Waals surface area contributed by atoms with E-state index in [1.165, 1.54) is 25.3 Å². The average molecular weight is 626 g/mol. The summed E-state index contributed by atoms with van der Waals surface area (Å²) in [6.45, 7) is 4.72. The van der Waals surface area contributed by atoms with Crippen LogP contribution in [0.2, 0.25) is 0 Å². The number of esters is 5. The lowest BCUT2D eigenvalue weighted by Crippen LogP contribution is -2.70. The molecule has 1 amide bonds. The van der Waals surface area contributed by atoms with Crippen LogP contribution in [0.1, 0.15) is 51.4 Å². The molecule has 1 N–H and O–H groups in total. The molecule has 0 aliphatic carbocycles. The number of carbonyl (C=O) groups is 7. The van der Waals surface area contributed by atoms with Crippen molar-refractivity contribution in [2.24, 2.45) is 0 Å². The molecule has 1 aromatic carbocycles. The molecule has 44 heavy (non-hydrogen) atoms. The van der Waals surface area contributed by atoms with Crippen molar-refractivity contribution in [2.75, 3.05) is 20.8 Å². The first-order chi connectivity index (χ1) is 20.7. The number of nitrogens with one attached hydrogen (secondary N) is 1. The highest BCUT2D eigenvalue weighted by molar-refractivity contribution is 5.81. The van der Waals surface area contributed by atoms with Gasteiger partial charge in [0.15, 0.2) is 18.5 Å². The molecule has 242 valence electrons. The second kappa shape index (κ2) is 15.7. The van der Waals surface area contributed by atoms with Crippen molar-refractivity contribution >= 4 is 42.0 Å². The van der Waals surface area contributed by atoms with Gasteiger partial charge in [0.05, 0.1) is 32.2 Å². The number of ether oxygens (including phenoxy) is 8. The summed E-state index contributed by atoms with van der Waals surface area (Å²) in [5.74, 6) is -7.66. The lowest BCUT2D eigenvalue weighted by Gasteiger charge is -2.48. The zero-order valence-electron chi connectivity index (χ0n) is 25.2. The van der Waals surface area contributed by atoms with Gasteiger partial charge in [-0.05, 0) is 12.1 Å². The van der Waals surface area contributed by atoms with Gasteiger partial charge < -0.3 is 43.2 Å². The van der Waals surface area contributed by atoms with Gasteiger partial charge >= 0.3 is 35.6 Å². The highest BCUT2D eigenvalue weighted by atomic mass is 16.7. The van der Waals surface area contributed by atoms with Crippen LogP contribution in [0, 0.1) is 0 Å². The van der Waals surface area contributed by atoms with E-state index in [9.17, 15) is 33.6 Å². The maximum Gasteiger partial charge on any atom is 0.379 e. The fraction of sp³-hybridized carbons (Fsp3) is 0.536. The molecule has 2 rings (SSSR count). The fourth-order valence-electron chi connectivity index (χ4n) is 4.55. The zero-order chi connectivity index (χ0) is 33.2. The molecule has 1 aliphatic rings. The number of amides is 1. The number of benzene rings is 1. The number of methoxy groups -OCH3 is 2. The van der Waals surface area contributed by atoms with E-state index in [4.69, 9.17) is 37.9 Å². The maximum atomic E-state index is 13.4. The van der Waals surface area contributed by atoms with E-state index in [-0.39, 0.29) is 17.1 Å². The Bertz CT molecular complexity index is 1260. The summed E-state index contributed by atoms with van der Waals surface area (Å²) in [4.78, 5) is 85.4. The summed E-state index contributed by atoms with van der Waals surface area (Å²) in [5, 5.41) is 2.56. The Hall–Kier alpha value is -4.73. The van der Waals surface area contributed by atoms with Gasteiger partial charge in [0, 0.05) is 40.7 Å². The number of hydrogen-bond acceptors (Lipinski definition) is 15. The van der Waals surface area contributed by atoms with Gasteiger partial charge in [0.2, 0.25) is 5.91 Å². The van der Waals surface area contributed by atoms with Gasteiger partial charge in [-0.2, -0.15) is 0 Å². The summed E-state index contributed by atoms with van der Waals surface area (Å²) in [7, 11) is 2.32. The first-order valence-corrected chi connectivity index (χ1v) is 13.2. The summed E-state index contributed by atoms with van der Waals surface area (Å²) >= 11 is 0. The predicted molar refractivity (Wildman–Crippen MR) is 144 cm³/mol. The molecular weight excluding hydrogens is 590 g/mol. The SMILES string of the molecule is COC(=O)[C@]1(Oc2ccc(C=O)c(OC)c2)C[C@H](OC(C)=O)[C@@H](NC(C)=O)[C@H]([C@H](OC(C)=O)[C@@H](COC(C)=O)OC(C)=O)O1. The molecular formula is C28H35NO15. The third kappa shape index (κ3) is 9.39. The van der Waals surface area contributed by atoms with Crippen molar-refractivity contribution in [3.05, 3.63) is 23.8 Å². The minimum atomic E-state index is -2.47. The third-order valence-corrected chi connectivity index (χ3v) is 6.11. The second-order valence-electron chi connectivity index (χ2n) is 9.55. The number of hydrogen-bond donors (Lipinski definition) is 1. The molecule has 0 unspecified atom stereocenters. The van der Waals surface area contributed by atoms with Crippen molar-refractivity contribution in [2.45, 2.75) is 77.3 Å². The molecule has 1 aliphatic heterocycles. The molecule has 0 bridgehead atoms. The molecule has 0 spiro atoms. The van der Waals surface area contributed by atoms with Crippen LogP contribution in [0.25, 0.3) is 0 Å². The Kier molecular flexibility index (Phi) is 12.6. The largest absolute Gasteiger partial charge is 0.496 e. The van der Waals surface area contributed by atoms with Crippen LogP contribution in [0.15, 0.2) is 18.2 Å². The lowest BCUT2D eigenvalue weighted by atomic mass is 9.88. The first kappa shape index (κ1) is 35.5. The van der Waals surface area contributed by atoms with Crippen molar-refractivity contribution in [3.8, 4) is 11.5 Å². The van der Waals surface area contributed by atoms with E-state index < -0.39 is 85.0 Å². The Labute approximate surface area is 252 Å². The smallest absolute Gasteiger partial charge is 0.379 e. The molecule has 16 nitrogen and oxygen atoms in total. The average Bonchev–Trinajstić information content (AvgIpc) is 2.93. The summed E-state index contributed by atoms with van der Waals surface area (Å²) < 4.78 is 43.7. The molecule has 6 atom stereocenters. The van der Waals surface area contributed by atoms with Crippen molar-refractivity contribution in [1.29, 1.82) is 0 Å². The molecule has 0 radical (unpaired) electrons. The van der Waals surface area contributed by atoms with Crippen molar-refractivity contribution in [3.63, 3.8) is 0 Å². The molecule has 0 saturated carbocycles. The van der Waals surface area contributed by atoms with E-state index in [1.807, 2.05) is 0 Å². The highest BCUT2D eigenvalue weighted by Gasteiger charge is 2.60. The predicted octanol–water partition coefficient (Wildman–Crippen LogP) is 0.408. The van der Waals surface area contributed by atoms with Crippen LogP contribution in [0.5, 0.6) is 11.5 Å². The standard InChI is InChI=1S/C28H35NO15/c1-14(31)29-24-22(40-16(3)33)11-28(27(36)38-7,43-20-9-8-19(12-30)21(10-20)37-6)44-26(24)25(42-18(5)35)23(41-17(4)34)13-39-15(2)32/h8-10,12,22-26H,11,13H2,1-7H3,(H,29,31)/t22-,23+,24+,25+,26+,28-/m0/s1. The summed E-state index contributed by atoms with van der Waals surface area (Å²) in [6, 6.07) is 2.58. The lowest BCUT2D eigenvalue weighted by molar-refractivity contribution is -0.289. The summed E-state index contributed by atoms with van der Waals surface area (Å²) in [6.07, 6.45) is -6.40. The minimum absolute atomic E-state index is 0.0726. The van der Waals surface area contributed by atoms with Gasteiger partial charge in [-0.15, -0.1) is 0 Å². The van der Waals surface area contributed by atoms with E-state index in [0.717, 1.165) is 41.7 Å². The van der Waals surface area contributed by atoms with Gasteiger partial charge in [0.1, 0.15) is 30.3 Å². The molecule has 1 fully saturated rings. The Morgan fingerprint density at radius 2 is 1.64 bits per heavy atom. The summed E-state index contributed by atoms with van der Waals surface area (Å²) in [5.41, 5.74) is 0.155. The molecule has 1 aromatic rings. The van der Waals surface area contributed by atoms with Crippen LogP contribution in [0.3, 0.4) is 0 Å². The Morgan fingerprint density at radius 3 is 2.14 bits per heavy atom. The molecule has 1 heterocycles. The normalized spacial score (nSPS) is 22.2. The van der Waals surface area contributed by atoms with Gasteiger partial charge in [-0.25, -0.2) is 4.79 Å². The van der Waals surface area contributed by atoms with Crippen LogP contribution >= 0.6 is 0 Å². The third-order valence-electron chi connectivity index (χ3n) is 6.11. The maximum absolute atomic E-state index is 13.4. The van der Waals surface area contributed by atoms with Gasteiger partial charge in [0.25, 0.3) is 0 Å². The van der Waals surface area contributed by atoms with Crippen molar-refractivity contribution in [1.82, 2.24) is 5.32 Å². The Morgan fingerprint density at radius 1 is 0.977 bits per heavy atom. The topological polar surface area (TPSA) is 205 Å². The van der Waals surface area contributed by atoms with Gasteiger partial charge in [-0.3, -0.25) is 28.8 Å². The Balaban J connectivity index is 2.82.